The molecular formula is C42H44BrCl3FN3O6. The van der Waals surface area contributed by atoms with Gasteiger partial charge >= 0.3 is 6.09 Å². The number of ketones is 1. The Balaban J connectivity index is 1.38. The number of piperazine rings is 1. The molecule has 14 heteroatoms. The van der Waals surface area contributed by atoms with E-state index in [0.29, 0.717) is 40.8 Å². The highest BCUT2D eigenvalue weighted by molar-refractivity contribution is 9.10. The van der Waals surface area contributed by atoms with E-state index in [1.807, 2.05) is 53.4 Å². The lowest BCUT2D eigenvalue weighted by Gasteiger charge is -2.54. The number of aldehydes is 1. The number of hydrogen-bond acceptors (Lipinski definition) is 7. The molecule has 2 atom stereocenters. The molecule has 3 aromatic rings. The van der Waals surface area contributed by atoms with Crippen molar-refractivity contribution in [3.63, 3.8) is 0 Å². The highest BCUT2D eigenvalue weighted by atomic mass is 79.9. The molecule has 298 valence electrons. The second-order valence-corrected chi connectivity index (χ2v) is 18.2. The molecule has 2 heterocycles. The second kappa shape index (κ2) is 17.2. The summed E-state index contributed by atoms with van der Waals surface area (Å²) >= 11 is 22.1. The molecule has 0 aromatic heterocycles. The van der Waals surface area contributed by atoms with Gasteiger partial charge in [-0.05, 0) is 102 Å². The average molecular weight is 892 g/mol. The smallest absolute Gasteiger partial charge is 0.411 e. The number of carbonyl (C=O) groups is 4. The number of nitrogens with zero attached hydrogens (tertiary/aromatic N) is 2. The summed E-state index contributed by atoms with van der Waals surface area (Å²) in [6.07, 6.45) is 3.18. The molecule has 3 aromatic carbocycles. The molecule has 1 saturated carbocycles. The second-order valence-electron chi connectivity index (χ2n) is 15.1. The van der Waals surface area contributed by atoms with Crippen LogP contribution in [0.15, 0.2) is 76.8 Å². The van der Waals surface area contributed by atoms with Crippen LogP contribution in [0.4, 0.5) is 9.18 Å². The van der Waals surface area contributed by atoms with Crippen LogP contribution in [-0.4, -0.2) is 80.6 Å². The normalized spacial score (nSPS) is 19.7. The van der Waals surface area contributed by atoms with Crippen LogP contribution in [0.3, 0.4) is 0 Å². The van der Waals surface area contributed by atoms with Gasteiger partial charge in [0, 0.05) is 50.2 Å². The minimum Gasteiger partial charge on any atom is -0.492 e. The summed E-state index contributed by atoms with van der Waals surface area (Å²) in [5.41, 5.74) is 1.51. The minimum absolute atomic E-state index is 0.0339. The number of rotatable bonds is 14. The quantitative estimate of drug-likeness (QED) is 0.0983. The van der Waals surface area contributed by atoms with Gasteiger partial charge in [-0.3, -0.25) is 14.5 Å². The van der Waals surface area contributed by atoms with E-state index in [0.717, 1.165) is 41.4 Å². The molecule has 0 radical (unpaired) electrons. The zero-order valence-corrected chi connectivity index (χ0v) is 35.2. The van der Waals surface area contributed by atoms with Gasteiger partial charge in [0.2, 0.25) is 3.79 Å². The molecule has 1 N–H and O–H groups in total. The van der Waals surface area contributed by atoms with Crippen molar-refractivity contribution in [2.24, 2.45) is 0 Å². The molecule has 3 aliphatic rings. The fourth-order valence-corrected chi connectivity index (χ4v) is 7.92. The van der Waals surface area contributed by atoms with Gasteiger partial charge in [-0.15, -0.1) is 0 Å². The van der Waals surface area contributed by atoms with E-state index in [2.05, 4.69) is 21.2 Å². The Labute approximate surface area is 349 Å². The van der Waals surface area contributed by atoms with Gasteiger partial charge in [-0.1, -0.05) is 83.3 Å². The van der Waals surface area contributed by atoms with E-state index < -0.39 is 27.1 Å². The van der Waals surface area contributed by atoms with Crippen molar-refractivity contribution >= 4 is 80.4 Å². The molecule has 2 unspecified atom stereocenters. The number of alkyl halides is 3. The molecule has 2 amide bonds. The van der Waals surface area contributed by atoms with Crippen LogP contribution >= 0.6 is 50.7 Å². The molecule has 2 bridgehead atoms. The Bertz CT molecular complexity index is 2020. The third kappa shape index (κ3) is 8.97. The summed E-state index contributed by atoms with van der Waals surface area (Å²) in [7, 11) is 0. The maximum atomic E-state index is 15.2. The van der Waals surface area contributed by atoms with E-state index in [9.17, 15) is 18.8 Å². The number of amides is 2. The lowest BCUT2D eigenvalue weighted by molar-refractivity contribution is -0.136. The zero-order chi connectivity index (χ0) is 40.4. The minimum atomic E-state index is -1.99. The summed E-state index contributed by atoms with van der Waals surface area (Å²) in [5.74, 6) is -0.500. The standard InChI is InChI=1S/C42H44BrCl3FN3O6/c1-26(52)41-22-33(29-12-10-27(11-13-29)7-6-20-55-36-21-31(47)14-17-34(36)43)37(35(23-48-25-41)50(41)39(54)56-40(2,3)42(44,45)46)38(53)49(32-15-16-32)24-30-9-5-4-8-28(30)18-19-51/h4-5,8-14,17,19,21,32,35,48H,6-7,15-16,18,20,22-25H2,1-3H3. The predicted molar refractivity (Wildman–Crippen MR) is 218 cm³/mol. The van der Waals surface area contributed by atoms with Crippen molar-refractivity contribution in [2.75, 3.05) is 19.7 Å². The molecule has 1 saturated heterocycles. The van der Waals surface area contributed by atoms with Gasteiger partial charge in [0.15, 0.2) is 11.4 Å². The molecule has 0 spiro atoms. The van der Waals surface area contributed by atoms with E-state index >= 15 is 4.79 Å². The molecule has 9 nitrogen and oxygen atoms in total. The number of aryl methyl sites for hydroxylation is 1. The van der Waals surface area contributed by atoms with E-state index in [4.69, 9.17) is 44.3 Å². The Morgan fingerprint density at radius 1 is 1.05 bits per heavy atom. The number of hydrogen-bond donors (Lipinski definition) is 1. The Morgan fingerprint density at radius 2 is 1.75 bits per heavy atom. The first-order valence-corrected chi connectivity index (χ1v) is 20.5. The summed E-state index contributed by atoms with van der Waals surface area (Å²) < 4.78 is 24.1. The van der Waals surface area contributed by atoms with Gasteiger partial charge in [-0.2, -0.15) is 0 Å². The van der Waals surface area contributed by atoms with E-state index in [1.165, 1.54) is 37.8 Å². The first-order valence-electron chi connectivity index (χ1n) is 18.6. The van der Waals surface area contributed by atoms with E-state index in [1.54, 1.807) is 6.07 Å². The largest absolute Gasteiger partial charge is 0.492 e. The van der Waals surface area contributed by atoms with Crippen LogP contribution in [0.25, 0.3) is 5.57 Å². The van der Waals surface area contributed by atoms with Crippen molar-refractivity contribution in [1.82, 2.24) is 15.1 Å². The van der Waals surface area contributed by atoms with Crippen LogP contribution in [0.5, 0.6) is 5.75 Å². The summed E-state index contributed by atoms with van der Waals surface area (Å²) in [6.45, 7) is 5.31. The summed E-state index contributed by atoms with van der Waals surface area (Å²) in [6, 6.07) is 18.8. The van der Waals surface area contributed by atoms with Crippen molar-refractivity contribution in [1.29, 1.82) is 0 Å². The zero-order valence-electron chi connectivity index (χ0n) is 31.4. The number of nitrogens with one attached hydrogen (secondary N) is 1. The highest BCUT2D eigenvalue weighted by Crippen LogP contribution is 2.47. The first-order chi connectivity index (χ1) is 26.6. The van der Waals surface area contributed by atoms with Gasteiger partial charge in [0.25, 0.3) is 5.91 Å². The SMILES string of the molecule is CC(=O)C12CNCC(C(C(=O)N(Cc3ccccc3CC=O)C3CC3)=C(c3ccc(CCCOc4cc(F)ccc4Br)cc3)C1)N2C(=O)OC(C)(C)C(Cl)(Cl)Cl. The number of benzene rings is 3. The van der Waals surface area contributed by atoms with Gasteiger partial charge in [0.1, 0.15) is 23.4 Å². The van der Waals surface area contributed by atoms with Gasteiger partial charge < -0.3 is 24.5 Å². The van der Waals surface area contributed by atoms with Crippen LogP contribution in [0, 0.1) is 5.82 Å². The average Bonchev–Trinajstić information content (AvgIpc) is 3.99. The number of halogens is 5. The monoisotopic (exact) mass is 889 g/mol. The lowest BCUT2D eigenvalue weighted by Crippen LogP contribution is -2.73. The third-order valence-electron chi connectivity index (χ3n) is 10.8. The summed E-state index contributed by atoms with van der Waals surface area (Å²) in [4.78, 5) is 58.2. The molecule has 1 aliphatic carbocycles. The van der Waals surface area contributed by atoms with Crippen LogP contribution < -0.4 is 10.1 Å². The Kier molecular flexibility index (Phi) is 12.9. The highest BCUT2D eigenvalue weighted by Gasteiger charge is 2.58. The maximum absolute atomic E-state index is 15.2. The van der Waals surface area contributed by atoms with Crippen LogP contribution in [-0.2, 0) is 38.5 Å². The fraction of sp³-hybridized carbons (Fsp3) is 0.429. The topological polar surface area (TPSA) is 105 Å². The van der Waals surface area contributed by atoms with Crippen molar-refractivity contribution in [2.45, 2.75) is 92.9 Å². The summed E-state index contributed by atoms with van der Waals surface area (Å²) in [5, 5.41) is 3.33. The fourth-order valence-electron chi connectivity index (χ4n) is 7.44. The van der Waals surface area contributed by atoms with Gasteiger partial charge in [-0.25, -0.2) is 9.18 Å². The van der Waals surface area contributed by atoms with E-state index in [-0.39, 0.29) is 56.0 Å². The molecule has 6 rings (SSSR count). The van der Waals surface area contributed by atoms with Crippen LogP contribution in [0.2, 0.25) is 0 Å². The number of fused-ring (bicyclic) bond motifs is 2. The number of Topliss-reactive ketones (excluding diaryl/α,β-unsaturated/α-hetero) is 1. The molecular weight excluding hydrogens is 848 g/mol. The number of ether oxygens (including phenoxy) is 2. The Hall–Kier alpha value is -3.48. The third-order valence-corrected chi connectivity index (χ3v) is 12.9. The molecule has 2 aliphatic heterocycles. The number of carbonyl (C=O) groups excluding carboxylic acids is 4. The van der Waals surface area contributed by atoms with Crippen molar-refractivity contribution in [3.8, 4) is 5.75 Å². The van der Waals surface area contributed by atoms with Crippen molar-refractivity contribution < 1.29 is 33.0 Å². The maximum Gasteiger partial charge on any atom is 0.411 e. The molecule has 56 heavy (non-hydrogen) atoms. The Morgan fingerprint density at radius 3 is 2.39 bits per heavy atom. The van der Waals surface area contributed by atoms with Crippen LogP contribution in [0.1, 0.15) is 68.7 Å². The lowest BCUT2D eigenvalue weighted by atomic mass is 9.72. The first kappa shape index (κ1) is 42.1. The van der Waals surface area contributed by atoms with Crippen molar-refractivity contribution in [3.05, 3.63) is 105 Å². The molecule has 2 fully saturated rings. The van der Waals surface area contributed by atoms with Gasteiger partial charge in [0.05, 0.1) is 17.1 Å². The predicted octanol–water partition coefficient (Wildman–Crippen LogP) is 8.58.